The van der Waals surface area contributed by atoms with Crippen LogP contribution in [0.5, 0.6) is 0 Å². The van der Waals surface area contributed by atoms with Crippen LogP contribution >= 0.6 is 38.9 Å². The van der Waals surface area contributed by atoms with Gasteiger partial charge in [0.05, 0.1) is 20.9 Å². The second-order valence-electron chi connectivity index (χ2n) is 4.86. The zero-order valence-corrected chi connectivity index (χ0v) is 15.6. The summed E-state index contributed by atoms with van der Waals surface area (Å²) in [5.74, 6) is -0.108. The van der Waals surface area contributed by atoms with Gasteiger partial charge in [0.15, 0.2) is 0 Å². The molecule has 2 rings (SSSR count). The van der Waals surface area contributed by atoms with E-state index in [1.807, 2.05) is 19.1 Å². The number of nitrogens with one attached hydrogen (secondary N) is 1. The first-order valence-corrected chi connectivity index (χ1v) is 8.96. The number of anilines is 1. The molecule has 4 nitrogen and oxygen atoms in total. The fourth-order valence-corrected chi connectivity index (χ4v) is 3.77. The molecule has 7 heteroatoms. The normalized spacial score (nSPS) is 10.6. The molecular formula is C16H15BrClN3OS. The van der Waals surface area contributed by atoms with Crippen molar-refractivity contribution in [1.82, 2.24) is 4.90 Å². The van der Waals surface area contributed by atoms with Crippen molar-refractivity contribution in [3.05, 3.63) is 49.6 Å². The molecule has 0 radical (unpaired) electrons. The highest BCUT2D eigenvalue weighted by atomic mass is 79.9. The van der Waals surface area contributed by atoms with E-state index < -0.39 is 0 Å². The maximum absolute atomic E-state index is 12.2. The molecule has 1 amide bonds. The van der Waals surface area contributed by atoms with Crippen molar-refractivity contribution in [2.24, 2.45) is 0 Å². The zero-order chi connectivity index (χ0) is 16.8. The van der Waals surface area contributed by atoms with Gasteiger partial charge in [-0.15, -0.1) is 11.3 Å². The molecule has 0 atom stereocenters. The first-order chi connectivity index (χ1) is 11.0. The van der Waals surface area contributed by atoms with Gasteiger partial charge in [0, 0.05) is 17.1 Å². The van der Waals surface area contributed by atoms with Crippen molar-refractivity contribution >= 4 is 50.5 Å². The van der Waals surface area contributed by atoms with Crippen LogP contribution in [0.4, 0.5) is 5.69 Å². The third-order valence-corrected chi connectivity index (χ3v) is 5.12. The van der Waals surface area contributed by atoms with Gasteiger partial charge in [0.2, 0.25) is 5.91 Å². The average molecular weight is 413 g/mol. The van der Waals surface area contributed by atoms with Crippen LogP contribution in [0.15, 0.2) is 34.1 Å². The SMILES string of the molecule is CCN(CC(=O)Nc1ccc(C#N)c(Cl)c1)Cc1ccc(Br)s1. The molecule has 0 bridgehead atoms. The number of hydrogen-bond acceptors (Lipinski definition) is 4. The molecule has 0 saturated carbocycles. The minimum absolute atomic E-state index is 0.108. The number of benzene rings is 1. The third-order valence-electron chi connectivity index (χ3n) is 3.20. The lowest BCUT2D eigenvalue weighted by molar-refractivity contribution is -0.117. The second kappa shape index (κ2) is 8.46. The van der Waals surface area contributed by atoms with Gasteiger partial charge in [-0.2, -0.15) is 5.26 Å². The number of nitrogens with zero attached hydrogens (tertiary/aromatic N) is 2. The predicted octanol–water partition coefficient (Wildman–Crippen LogP) is 4.50. The maximum atomic E-state index is 12.2. The van der Waals surface area contributed by atoms with Gasteiger partial charge in [-0.1, -0.05) is 18.5 Å². The fraction of sp³-hybridized carbons (Fsp3) is 0.250. The standard InChI is InChI=1S/C16H15BrClN3OS/c1-2-21(9-13-5-6-15(17)23-13)10-16(22)20-12-4-3-11(8-19)14(18)7-12/h3-7H,2,9-10H2,1H3,(H,20,22). The molecule has 120 valence electrons. The number of nitriles is 1. The molecule has 2 aromatic rings. The highest BCUT2D eigenvalue weighted by Crippen LogP contribution is 2.23. The number of amides is 1. The largest absolute Gasteiger partial charge is 0.325 e. The topological polar surface area (TPSA) is 56.1 Å². The Morgan fingerprint density at radius 1 is 1.43 bits per heavy atom. The molecule has 0 spiro atoms. The van der Waals surface area contributed by atoms with E-state index in [-0.39, 0.29) is 5.91 Å². The average Bonchev–Trinajstić information content (AvgIpc) is 2.92. The van der Waals surface area contributed by atoms with E-state index in [1.54, 1.807) is 29.5 Å². The maximum Gasteiger partial charge on any atom is 0.238 e. The van der Waals surface area contributed by atoms with Gasteiger partial charge in [-0.25, -0.2) is 0 Å². The van der Waals surface area contributed by atoms with Crippen LogP contribution in [0, 0.1) is 11.3 Å². The third kappa shape index (κ3) is 5.33. The summed E-state index contributed by atoms with van der Waals surface area (Å²) in [5, 5.41) is 12.0. The Bertz CT molecular complexity index is 741. The lowest BCUT2D eigenvalue weighted by Crippen LogP contribution is -2.32. The van der Waals surface area contributed by atoms with Crippen LogP contribution in [-0.2, 0) is 11.3 Å². The fourth-order valence-electron chi connectivity index (χ4n) is 2.02. The first-order valence-electron chi connectivity index (χ1n) is 6.98. The van der Waals surface area contributed by atoms with E-state index >= 15 is 0 Å². The summed E-state index contributed by atoms with van der Waals surface area (Å²) in [4.78, 5) is 15.4. The van der Waals surface area contributed by atoms with E-state index in [9.17, 15) is 4.79 Å². The monoisotopic (exact) mass is 411 g/mol. The zero-order valence-electron chi connectivity index (χ0n) is 12.5. The molecule has 0 saturated heterocycles. The highest BCUT2D eigenvalue weighted by Gasteiger charge is 2.12. The van der Waals surface area contributed by atoms with Gasteiger partial charge in [0.1, 0.15) is 6.07 Å². The summed E-state index contributed by atoms with van der Waals surface area (Å²) in [6, 6.07) is 10.9. The smallest absolute Gasteiger partial charge is 0.238 e. The van der Waals surface area contributed by atoms with Crippen molar-refractivity contribution in [3.63, 3.8) is 0 Å². The minimum atomic E-state index is -0.108. The Balaban J connectivity index is 1.94. The lowest BCUT2D eigenvalue weighted by atomic mass is 10.2. The van der Waals surface area contributed by atoms with Crippen molar-refractivity contribution in [2.45, 2.75) is 13.5 Å². The lowest BCUT2D eigenvalue weighted by Gasteiger charge is -2.19. The Morgan fingerprint density at radius 2 is 2.22 bits per heavy atom. The van der Waals surface area contributed by atoms with Gasteiger partial charge in [-0.05, 0) is 52.8 Å². The van der Waals surface area contributed by atoms with Crippen LogP contribution in [0.3, 0.4) is 0 Å². The molecule has 0 aliphatic heterocycles. The molecule has 0 aliphatic rings. The van der Waals surface area contributed by atoms with Gasteiger partial charge >= 0.3 is 0 Å². The molecule has 1 aromatic heterocycles. The quantitative estimate of drug-likeness (QED) is 0.760. The molecular weight excluding hydrogens is 398 g/mol. The van der Waals surface area contributed by atoms with E-state index in [4.69, 9.17) is 16.9 Å². The van der Waals surface area contributed by atoms with E-state index in [0.717, 1.165) is 16.9 Å². The van der Waals surface area contributed by atoms with Crippen molar-refractivity contribution < 1.29 is 4.79 Å². The van der Waals surface area contributed by atoms with Gasteiger partial charge in [-0.3, -0.25) is 9.69 Å². The van der Waals surface area contributed by atoms with Crippen molar-refractivity contribution in [2.75, 3.05) is 18.4 Å². The van der Waals surface area contributed by atoms with Crippen molar-refractivity contribution in [3.8, 4) is 6.07 Å². The summed E-state index contributed by atoms with van der Waals surface area (Å²) in [6.45, 7) is 3.82. The Morgan fingerprint density at radius 3 is 2.78 bits per heavy atom. The van der Waals surface area contributed by atoms with Crippen LogP contribution < -0.4 is 5.32 Å². The Labute approximate surface area is 152 Å². The molecule has 0 aliphatic carbocycles. The molecule has 1 heterocycles. The summed E-state index contributed by atoms with van der Waals surface area (Å²) >= 11 is 11.1. The van der Waals surface area contributed by atoms with E-state index in [1.165, 1.54) is 4.88 Å². The Hall–Kier alpha value is -1.39. The molecule has 23 heavy (non-hydrogen) atoms. The summed E-state index contributed by atoms with van der Waals surface area (Å²) in [6.07, 6.45) is 0. The van der Waals surface area contributed by atoms with Crippen LogP contribution in [0.25, 0.3) is 0 Å². The summed E-state index contributed by atoms with van der Waals surface area (Å²) in [5.41, 5.74) is 0.983. The predicted molar refractivity (Wildman–Crippen MR) is 97.8 cm³/mol. The van der Waals surface area contributed by atoms with E-state index in [2.05, 4.69) is 32.2 Å². The highest BCUT2D eigenvalue weighted by molar-refractivity contribution is 9.11. The number of carbonyl (C=O) groups excluding carboxylic acids is 1. The van der Waals surface area contributed by atoms with Crippen molar-refractivity contribution in [1.29, 1.82) is 5.26 Å². The summed E-state index contributed by atoms with van der Waals surface area (Å²) < 4.78 is 1.08. The number of halogens is 2. The number of hydrogen-bond donors (Lipinski definition) is 1. The molecule has 0 unspecified atom stereocenters. The molecule has 1 N–H and O–H groups in total. The van der Waals surface area contributed by atoms with Crippen LogP contribution in [0.1, 0.15) is 17.4 Å². The van der Waals surface area contributed by atoms with Crippen LogP contribution in [-0.4, -0.2) is 23.9 Å². The number of rotatable bonds is 6. The van der Waals surface area contributed by atoms with E-state index in [0.29, 0.717) is 22.8 Å². The number of carbonyl (C=O) groups is 1. The van der Waals surface area contributed by atoms with Crippen LogP contribution in [0.2, 0.25) is 5.02 Å². The first kappa shape index (κ1) is 18.0. The number of thiophene rings is 1. The number of likely N-dealkylation sites (N-methyl/N-ethyl adjacent to an activating group) is 1. The Kier molecular flexibility index (Phi) is 6.60. The summed E-state index contributed by atoms with van der Waals surface area (Å²) in [7, 11) is 0. The van der Waals surface area contributed by atoms with Gasteiger partial charge in [0.25, 0.3) is 0 Å². The second-order valence-corrected chi connectivity index (χ2v) is 7.82. The minimum Gasteiger partial charge on any atom is -0.325 e. The molecule has 1 aromatic carbocycles. The van der Waals surface area contributed by atoms with Gasteiger partial charge < -0.3 is 5.32 Å². The molecule has 0 fully saturated rings.